The lowest BCUT2D eigenvalue weighted by atomic mass is 10.1. The van der Waals surface area contributed by atoms with Crippen LogP contribution in [0.2, 0.25) is 0 Å². The van der Waals surface area contributed by atoms with Crippen LogP contribution in [0.5, 0.6) is 0 Å². The minimum Gasteiger partial charge on any atom is -0.330 e. The van der Waals surface area contributed by atoms with Gasteiger partial charge in [-0.15, -0.1) is 5.10 Å². The van der Waals surface area contributed by atoms with E-state index >= 15 is 0 Å². The Bertz CT molecular complexity index is 553. The van der Waals surface area contributed by atoms with E-state index in [-0.39, 0.29) is 11.3 Å². The molecule has 2 rings (SSSR count). The molecule has 1 aromatic heterocycles. The molecular formula is C11H11F3N4. The van der Waals surface area contributed by atoms with Crippen LogP contribution in [-0.2, 0) is 6.54 Å². The highest BCUT2D eigenvalue weighted by Crippen LogP contribution is 2.23. The molecule has 4 nitrogen and oxygen atoms in total. The van der Waals surface area contributed by atoms with Crippen LogP contribution >= 0.6 is 0 Å². The summed E-state index contributed by atoms with van der Waals surface area (Å²) in [5.74, 6) is -3.23. The first-order valence-corrected chi connectivity index (χ1v) is 5.37. The van der Waals surface area contributed by atoms with E-state index in [0.717, 1.165) is 6.07 Å². The summed E-state index contributed by atoms with van der Waals surface area (Å²) < 4.78 is 40.8. The number of rotatable bonds is 4. The van der Waals surface area contributed by atoms with Gasteiger partial charge in [-0.3, -0.25) is 4.68 Å². The van der Waals surface area contributed by atoms with Gasteiger partial charge >= 0.3 is 0 Å². The van der Waals surface area contributed by atoms with Crippen molar-refractivity contribution in [2.75, 3.05) is 6.54 Å². The van der Waals surface area contributed by atoms with E-state index in [9.17, 15) is 13.2 Å². The molecule has 0 fully saturated rings. The Kier molecular flexibility index (Phi) is 3.61. The Morgan fingerprint density at radius 2 is 1.83 bits per heavy atom. The van der Waals surface area contributed by atoms with Crippen LogP contribution in [0.4, 0.5) is 13.2 Å². The molecule has 0 atom stereocenters. The zero-order chi connectivity index (χ0) is 13.1. The van der Waals surface area contributed by atoms with Gasteiger partial charge in [0.15, 0.2) is 11.6 Å². The SMILES string of the molecule is NCCCn1cc(-c2cc(F)c(F)cc2F)nn1. The van der Waals surface area contributed by atoms with Crippen molar-refractivity contribution in [3.63, 3.8) is 0 Å². The maximum atomic E-state index is 13.5. The fourth-order valence-electron chi connectivity index (χ4n) is 1.50. The minimum atomic E-state index is -1.23. The average Bonchev–Trinajstić information content (AvgIpc) is 2.79. The van der Waals surface area contributed by atoms with Gasteiger partial charge in [0.2, 0.25) is 0 Å². The van der Waals surface area contributed by atoms with Crippen molar-refractivity contribution in [1.82, 2.24) is 15.0 Å². The van der Waals surface area contributed by atoms with Crippen LogP contribution < -0.4 is 5.73 Å². The van der Waals surface area contributed by atoms with Crippen molar-refractivity contribution < 1.29 is 13.2 Å². The van der Waals surface area contributed by atoms with Gasteiger partial charge in [-0.2, -0.15) is 0 Å². The highest BCUT2D eigenvalue weighted by molar-refractivity contribution is 5.58. The quantitative estimate of drug-likeness (QED) is 0.847. The Morgan fingerprint density at radius 3 is 2.56 bits per heavy atom. The lowest BCUT2D eigenvalue weighted by molar-refractivity contribution is 0.496. The van der Waals surface area contributed by atoms with Gasteiger partial charge in [0.05, 0.1) is 6.20 Å². The molecule has 0 radical (unpaired) electrons. The molecule has 1 aromatic carbocycles. The van der Waals surface area contributed by atoms with Crippen molar-refractivity contribution >= 4 is 0 Å². The summed E-state index contributed by atoms with van der Waals surface area (Å²) in [5, 5.41) is 7.47. The molecule has 7 heteroatoms. The van der Waals surface area contributed by atoms with Gasteiger partial charge in [0.25, 0.3) is 0 Å². The third kappa shape index (κ3) is 2.51. The molecule has 0 bridgehead atoms. The zero-order valence-corrected chi connectivity index (χ0v) is 9.41. The lowest BCUT2D eigenvalue weighted by Crippen LogP contribution is -2.06. The molecule has 96 valence electrons. The summed E-state index contributed by atoms with van der Waals surface area (Å²) >= 11 is 0. The van der Waals surface area contributed by atoms with Crippen LogP contribution in [0.25, 0.3) is 11.3 Å². The van der Waals surface area contributed by atoms with E-state index in [0.29, 0.717) is 25.6 Å². The van der Waals surface area contributed by atoms with E-state index in [1.807, 2.05) is 0 Å². The number of benzene rings is 1. The average molecular weight is 256 g/mol. The lowest BCUT2D eigenvalue weighted by Gasteiger charge is -2.00. The van der Waals surface area contributed by atoms with Crippen molar-refractivity contribution in [1.29, 1.82) is 0 Å². The van der Waals surface area contributed by atoms with Gasteiger partial charge in [0, 0.05) is 18.2 Å². The second-order valence-corrected chi connectivity index (χ2v) is 3.76. The van der Waals surface area contributed by atoms with Gasteiger partial charge in [-0.05, 0) is 19.0 Å². The summed E-state index contributed by atoms with van der Waals surface area (Å²) in [6.45, 7) is 1.03. The number of halogens is 3. The number of aryl methyl sites for hydroxylation is 1. The van der Waals surface area contributed by atoms with Crippen molar-refractivity contribution in [2.45, 2.75) is 13.0 Å². The number of hydrogen-bond acceptors (Lipinski definition) is 3. The van der Waals surface area contributed by atoms with Gasteiger partial charge in [-0.1, -0.05) is 5.21 Å². The van der Waals surface area contributed by atoms with Crippen LogP contribution in [0.3, 0.4) is 0 Å². The standard InChI is InChI=1S/C11H11F3N4/c12-8-5-10(14)9(13)4-7(8)11-6-18(17-16-11)3-1-2-15/h4-6H,1-3,15H2. The summed E-state index contributed by atoms with van der Waals surface area (Å²) in [7, 11) is 0. The summed E-state index contributed by atoms with van der Waals surface area (Å²) in [6.07, 6.45) is 2.16. The highest BCUT2D eigenvalue weighted by Gasteiger charge is 2.14. The van der Waals surface area contributed by atoms with E-state index in [1.54, 1.807) is 0 Å². The molecule has 0 saturated heterocycles. The van der Waals surface area contributed by atoms with E-state index < -0.39 is 17.5 Å². The smallest absolute Gasteiger partial charge is 0.161 e. The molecule has 1 heterocycles. The van der Waals surface area contributed by atoms with E-state index in [1.165, 1.54) is 10.9 Å². The third-order valence-electron chi connectivity index (χ3n) is 2.42. The summed E-state index contributed by atoms with van der Waals surface area (Å²) in [4.78, 5) is 0. The van der Waals surface area contributed by atoms with Crippen LogP contribution in [0.1, 0.15) is 6.42 Å². The van der Waals surface area contributed by atoms with Crippen LogP contribution in [0.15, 0.2) is 18.3 Å². The van der Waals surface area contributed by atoms with Crippen molar-refractivity contribution in [3.8, 4) is 11.3 Å². The number of aromatic nitrogens is 3. The molecule has 2 N–H and O–H groups in total. The summed E-state index contributed by atoms with van der Waals surface area (Å²) in [6, 6.07) is 1.26. The monoisotopic (exact) mass is 256 g/mol. The van der Waals surface area contributed by atoms with Gasteiger partial charge in [-0.25, -0.2) is 13.2 Å². The normalized spacial score (nSPS) is 10.9. The zero-order valence-electron chi connectivity index (χ0n) is 9.41. The molecular weight excluding hydrogens is 245 g/mol. The molecule has 18 heavy (non-hydrogen) atoms. The highest BCUT2D eigenvalue weighted by atomic mass is 19.2. The molecule has 0 saturated carbocycles. The molecule has 0 spiro atoms. The summed E-state index contributed by atoms with van der Waals surface area (Å²) in [5.41, 5.74) is 5.38. The van der Waals surface area contributed by atoms with Crippen LogP contribution in [-0.4, -0.2) is 21.5 Å². The molecule has 0 aliphatic heterocycles. The number of hydrogen-bond donors (Lipinski definition) is 1. The topological polar surface area (TPSA) is 56.7 Å². The maximum absolute atomic E-state index is 13.5. The van der Waals surface area contributed by atoms with Gasteiger partial charge in [0.1, 0.15) is 11.5 Å². The minimum absolute atomic E-state index is 0.118. The first-order chi connectivity index (χ1) is 8.61. The number of nitrogens with two attached hydrogens (primary N) is 1. The molecule has 0 amide bonds. The molecule has 2 aromatic rings. The first kappa shape index (κ1) is 12.6. The van der Waals surface area contributed by atoms with Gasteiger partial charge < -0.3 is 5.73 Å². The molecule has 0 aliphatic carbocycles. The Labute approximate surface area is 101 Å². The molecule has 0 unspecified atom stereocenters. The van der Waals surface area contributed by atoms with Crippen LogP contribution in [0, 0.1) is 17.5 Å². The fourth-order valence-corrected chi connectivity index (χ4v) is 1.50. The fraction of sp³-hybridized carbons (Fsp3) is 0.273. The van der Waals surface area contributed by atoms with Crippen molar-refractivity contribution in [2.24, 2.45) is 5.73 Å². The third-order valence-corrected chi connectivity index (χ3v) is 2.42. The predicted octanol–water partition coefficient (Wildman–Crippen LogP) is 1.71. The van der Waals surface area contributed by atoms with E-state index in [4.69, 9.17) is 5.73 Å². The van der Waals surface area contributed by atoms with E-state index in [2.05, 4.69) is 10.3 Å². The predicted molar refractivity (Wildman–Crippen MR) is 59.0 cm³/mol. The second-order valence-electron chi connectivity index (χ2n) is 3.76. The Balaban J connectivity index is 2.31. The largest absolute Gasteiger partial charge is 0.330 e. The number of nitrogens with zero attached hydrogens (tertiary/aromatic N) is 3. The maximum Gasteiger partial charge on any atom is 0.161 e. The second kappa shape index (κ2) is 5.18. The Morgan fingerprint density at radius 1 is 1.11 bits per heavy atom. The first-order valence-electron chi connectivity index (χ1n) is 5.37. The Hall–Kier alpha value is -1.89. The van der Waals surface area contributed by atoms with Crippen molar-refractivity contribution in [3.05, 3.63) is 35.8 Å². The molecule has 0 aliphatic rings.